The van der Waals surface area contributed by atoms with Crippen molar-refractivity contribution in [2.45, 2.75) is 0 Å². The Labute approximate surface area is 111 Å². The van der Waals surface area contributed by atoms with Gasteiger partial charge in [-0.1, -0.05) is 0 Å². The maximum Gasteiger partial charge on any atom is 5.00 e. The number of hydrogen-bond acceptors (Lipinski definition) is 0. The predicted molar refractivity (Wildman–Crippen MR) is 4.12 cm³/mol. The summed E-state index contributed by atoms with van der Waals surface area (Å²) in [6.07, 6.45) is 0. The summed E-state index contributed by atoms with van der Waals surface area (Å²) in [6, 6.07) is 0. The fourth-order valence-electron chi connectivity index (χ4n) is 0. The van der Waals surface area contributed by atoms with Gasteiger partial charge in [0.25, 0.3) is 0 Å². The standard InChI is InChI=1S/Li.Nb.Ni.6O.W/q+1;+5;+2;6*-2;. The minimum Gasteiger partial charge on any atom is -2.00 e. The van der Waals surface area contributed by atoms with E-state index in [-0.39, 0.29) is 112 Å². The molecule has 10 heteroatoms. The first-order valence-corrected chi connectivity index (χ1v) is 0. The van der Waals surface area contributed by atoms with Crippen molar-refractivity contribution < 1.29 is 112 Å². The molecule has 0 aromatic carbocycles. The van der Waals surface area contributed by atoms with E-state index in [4.69, 9.17) is 0 Å². The van der Waals surface area contributed by atoms with Crippen LogP contribution >= 0.6 is 0 Å². The van der Waals surface area contributed by atoms with Crippen molar-refractivity contribution in [2.75, 3.05) is 0 Å². The van der Waals surface area contributed by atoms with E-state index in [1.165, 1.54) is 0 Å². The molecular weight excluding hydrogens is 438 g/mol. The van der Waals surface area contributed by atoms with Crippen LogP contribution in [0, 0.1) is 0 Å². The van der Waals surface area contributed by atoms with Gasteiger partial charge in [-0.3, -0.25) is 0 Å². The van der Waals surface area contributed by atoms with Gasteiger partial charge in [0.05, 0.1) is 0 Å². The SMILES string of the molecule is [Li+].[Nb+5].[Ni+2].[O-2].[O-2].[O-2].[O-2].[O-2].[O-2].[W]. The Balaban J connectivity index is 0. The maximum absolute atomic E-state index is 0. The minimum atomic E-state index is 0. The summed E-state index contributed by atoms with van der Waals surface area (Å²) in [7, 11) is 0. The van der Waals surface area contributed by atoms with Crippen LogP contribution in [-0.2, 0) is 92.8 Å². The van der Waals surface area contributed by atoms with Crippen LogP contribution in [0.3, 0.4) is 0 Å². The van der Waals surface area contributed by atoms with Gasteiger partial charge in [0.2, 0.25) is 0 Å². The second-order valence-electron chi connectivity index (χ2n) is 0. The quantitative estimate of drug-likeness (QED) is 0.339. The van der Waals surface area contributed by atoms with Crippen LogP contribution < -0.4 is 18.9 Å². The van der Waals surface area contributed by atoms with E-state index in [1.807, 2.05) is 0 Å². The number of rotatable bonds is 0. The molecule has 0 heterocycles. The molecule has 0 saturated carbocycles. The molecule has 0 saturated heterocycles. The van der Waals surface area contributed by atoms with Crippen molar-refractivity contribution in [3.8, 4) is 0 Å². The molecule has 0 radical (unpaired) electrons. The molecule has 0 bridgehead atoms. The van der Waals surface area contributed by atoms with Gasteiger partial charge in [0, 0.05) is 21.1 Å². The molecule has 0 aliphatic rings. The van der Waals surface area contributed by atoms with Gasteiger partial charge >= 0.3 is 57.7 Å². The fourth-order valence-corrected chi connectivity index (χ4v) is 0. The smallest absolute Gasteiger partial charge is 2.00 e. The zero-order chi connectivity index (χ0) is 0. The third-order valence-electron chi connectivity index (χ3n) is 0. The van der Waals surface area contributed by atoms with Gasteiger partial charge in [0.15, 0.2) is 0 Å². The van der Waals surface area contributed by atoms with Crippen LogP contribution in [0.25, 0.3) is 0 Å². The van der Waals surface area contributed by atoms with Gasteiger partial charge in [0.1, 0.15) is 0 Å². The Hall–Kier alpha value is 2.28. The summed E-state index contributed by atoms with van der Waals surface area (Å²) in [5.41, 5.74) is 0. The molecule has 0 spiro atoms. The van der Waals surface area contributed by atoms with Crippen molar-refractivity contribution in [1.29, 1.82) is 0 Å². The van der Waals surface area contributed by atoms with Gasteiger partial charge in [-0.15, -0.1) is 0 Å². The Morgan fingerprint density at radius 3 is 0.500 bits per heavy atom. The second kappa shape index (κ2) is 229. The van der Waals surface area contributed by atoms with Crippen LogP contribution in [0.1, 0.15) is 0 Å². The van der Waals surface area contributed by atoms with E-state index in [0.29, 0.717) is 0 Å². The van der Waals surface area contributed by atoms with Crippen LogP contribution in [0.15, 0.2) is 0 Å². The molecule has 0 aliphatic carbocycles. The first-order valence-electron chi connectivity index (χ1n) is 0. The first kappa shape index (κ1) is 301. The molecule has 62 valence electrons. The second-order valence-corrected chi connectivity index (χ2v) is 0. The molecule has 0 unspecified atom stereocenters. The Morgan fingerprint density at radius 2 is 0.500 bits per heavy atom. The first-order chi connectivity index (χ1) is 0. The van der Waals surface area contributed by atoms with Gasteiger partial charge in [-0.2, -0.15) is 0 Å². The molecule has 0 atom stereocenters. The normalized spacial score (nSPS) is 0. The van der Waals surface area contributed by atoms with E-state index in [9.17, 15) is 0 Å². The molecule has 0 aromatic heterocycles. The molecule has 0 aliphatic heterocycles. The van der Waals surface area contributed by atoms with Gasteiger partial charge in [-0.25, -0.2) is 0 Å². The Bertz CT molecular complexity index is 17.7. The average Bonchev–Trinajstić information content (AvgIpc) is 0. The minimum absolute atomic E-state index is 0. The van der Waals surface area contributed by atoms with Crippen LogP contribution in [0.2, 0.25) is 0 Å². The average molecular weight is 438 g/mol. The maximum atomic E-state index is 0. The van der Waals surface area contributed by atoms with Crippen LogP contribution in [0.5, 0.6) is 0 Å². The topological polar surface area (TPSA) is 171 Å². The van der Waals surface area contributed by atoms with Crippen LogP contribution in [0.4, 0.5) is 0 Å². The zero-order valence-corrected chi connectivity index (χ0v) is 10.7. The van der Waals surface area contributed by atoms with Crippen molar-refractivity contribution in [1.82, 2.24) is 0 Å². The Kier molecular flexibility index (Phi) is 6900. The van der Waals surface area contributed by atoms with E-state index in [1.54, 1.807) is 0 Å². The summed E-state index contributed by atoms with van der Waals surface area (Å²) < 4.78 is 0. The van der Waals surface area contributed by atoms with Crippen molar-refractivity contribution in [3.05, 3.63) is 0 Å². The molecule has 0 amide bonds. The fraction of sp³-hybridized carbons (Fsp3) is 0. The third kappa shape index (κ3) is 170. The van der Waals surface area contributed by atoms with Crippen molar-refractivity contribution in [2.24, 2.45) is 0 Å². The van der Waals surface area contributed by atoms with Crippen molar-refractivity contribution in [3.63, 3.8) is 0 Å². The van der Waals surface area contributed by atoms with E-state index in [0.717, 1.165) is 0 Å². The molecule has 0 N–H and O–H groups in total. The zero-order valence-electron chi connectivity index (χ0n) is 4.62. The number of hydrogen-bond donors (Lipinski definition) is 0. The summed E-state index contributed by atoms with van der Waals surface area (Å²) in [4.78, 5) is 0. The third-order valence-corrected chi connectivity index (χ3v) is 0. The van der Waals surface area contributed by atoms with E-state index >= 15 is 0 Å². The van der Waals surface area contributed by atoms with Crippen LogP contribution in [-0.4, -0.2) is 0 Å². The molecule has 0 aromatic rings. The molecular formula is LiNbNiO6W-4. The predicted octanol–water partition coefficient (Wildman–Crippen LogP) is -3.72. The molecule has 0 fully saturated rings. The summed E-state index contributed by atoms with van der Waals surface area (Å²) in [5.74, 6) is 0. The Morgan fingerprint density at radius 1 is 0.500 bits per heavy atom. The molecule has 0 rings (SSSR count). The van der Waals surface area contributed by atoms with Gasteiger partial charge < -0.3 is 32.9 Å². The van der Waals surface area contributed by atoms with E-state index < -0.39 is 0 Å². The van der Waals surface area contributed by atoms with Gasteiger partial charge in [-0.05, 0) is 0 Å². The monoisotopic (exact) mass is 438 g/mol. The van der Waals surface area contributed by atoms with Crippen molar-refractivity contribution >= 4 is 0 Å². The summed E-state index contributed by atoms with van der Waals surface area (Å²) in [5, 5.41) is 0. The largest absolute Gasteiger partial charge is 5.00 e. The molecule has 10 heavy (non-hydrogen) atoms. The molecule has 6 nitrogen and oxygen atoms in total. The summed E-state index contributed by atoms with van der Waals surface area (Å²) >= 11 is 0. The summed E-state index contributed by atoms with van der Waals surface area (Å²) in [6.45, 7) is 0. The van der Waals surface area contributed by atoms with E-state index in [2.05, 4.69) is 0 Å².